The standard InChI is InChI=1S/C21H24ClFN4O/c22-16-2-1-3-17(23)20(16)18-4-5-19(26-25-18)24-21-14-11-27(12-15(14)21)10-13-6-8-28-9-7-13/h1-5,13-15,21H,6-12H2,(H,24,26). The maximum absolute atomic E-state index is 14.0. The zero-order chi connectivity index (χ0) is 19.1. The summed E-state index contributed by atoms with van der Waals surface area (Å²) in [6.07, 6.45) is 2.39. The van der Waals surface area contributed by atoms with Gasteiger partial charge in [0.1, 0.15) is 11.6 Å². The first-order chi connectivity index (χ1) is 13.7. The average molecular weight is 403 g/mol. The molecule has 3 heterocycles. The van der Waals surface area contributed by atoms with Crippen molar-refractivity contribution in [1.29, 1.82) is 0 Å². The number of rotatable bonds is 5. The molecule has 2 atom stereocenters. The number of fused-ring (bicyclic) bond motifs is 1. The van der Waals surface area contributed by atoms with Gasteiger partial charge in [0.2, 0.25) is 0 Å². The van der Waals surface area contributed by atoms with Gasteiger partial charge in [-0.3, -0.25) is 0 Å². The minimum absolute atomic E-state index is 0.301. The van der Waals surface area contributed by atoms with Crippen LogP contribution in [0.3, 0.4) is 0 Å². The molecule has 5 rings (SSSR count). The summed E-state index contributed by atoms with van der Waals surface area (Å²) in [7, 11) is 0. The number of nitrogens with zero attached hydrogens (tertiary/aromatic N) is 3. The maximum Gasteiger partial charge on any atom is 0.148 e. The summed E-state index contributed by atoms with van der Waals surface area (Å²) in [5.74, 6) is 2.54. The normalized spacial score (nSPS) is 27.6. The van der Waals surface area contributed by atoms with Crippen molar-refractivity contribution in [2.24, 2.45) is 17.8 Å². The fourth-order valence-electron chi connectivity index (χ4n) is 4.73. The number of anilines is 1. The van der Waals surface area contributed by atoms with Crippen molar-refractivity contribution in [2.75, 3.05) is 38.2 Å². The third-order valence-corrected chi connectivity index (χ3v) is 6.64. The summed E-state index contributed by atoms with van der Waals surface area (Å²) in [5, 5.41) is 12.3. The average Bonchev–Trinajstić information content (AvgIpc) is 3.14. The molecule has 1 aromatic carbocycles. The Morgan fingerprint density at radius 3 is 2.57 bits per heavy atom. The molecule has 5 nitrogen and oxygen atoms in total. The van der Waals surface area contributed by atoms with Gasteiger partial charge in [-0.05, 0) is 54.9 Å². The Morgan fingerprint density at radius 2 is 1.89 bits per heavy atom. The van der Waals surface area contributed by atoms with Crippen molar-refractivity contribution >= 4 is 17.4 Å². The van der Waals surface area contributed by atoms with Gasteiger partial charge in [0.25, 0.3) is 0 Å². The molecule has 0 radical (unpaired) electrons. The first-order valence-electron chi connectivity index (χ1n) is 10.0. The Labute approximate surface area is 169 Å². The van der Waals surface area contributed by atoms with Crippen LogP contribution >= 0.6 is 11.6 Å². The molecular weight excluding hydrogens is 379 g/mol. The van der Waals surface area contributed by atoms with Gasteiger partial charge in [-0.1, -0.05) is 17.7 Å². The summed E-state index contributed by atoms with van der Waals surface area (Å²) in [6.45, 7) is 5.37. The van der Waals surface area contributed by atoms with Gasteiger partial charge >= 0.3 is 0 Å². The van der Waals surface area contributed by atoms with E-state index in [1.807, 2.05) is 6.07 Å². The quantitative estimate of drug-likeness (QED) is 0.826. The smallest absolute Gasteiger partial charge is 0.148 e. The predicted molar refractivity (Wildman–Crippen MR) is 107 cm³/mol. The number of hydrogen-bond donors (Lipinski definition) is 1. The molecular formula is C21H24ClFN4O. The summed E-state index contributed by atoms with van der Waals surface area (Å²) >= 11 is 6.11. The van der Waals surface area contributed by atoms with E-state index in [2.05, 4.69) is 20.4 Å². The number of likely N-dealkylation sites (tertiary alicyclic amines) is 1. The van der Waals surface area contributed by atoms with E-state index < -0.39 is 0 Å². The van der Waals surface area contributed by atoms with Crippen molar-refractivity contribution in [3.05, 3.63) is 41.2 Å². The zero-order valence-electron chi connectivity index (χ0n) is 15.7. The highest BCUT2D eigenvalue weighted by Gasteiger charge is 2.55. The van der Waals surface area contributed by atoms with E-state index in [1.54, 1.807) is 18.2 Å². The first-order valence-corrected chi connectivity index (χ1v) is 10.4. The fraction of sp³-hybridized carbons (Fsp3) is 0.524. The summed E-state index contributed by atoms with van der Waals surface area (Å²) < 4.78 is 19.5. The maximum atomic E-state index is 14.0. The number of aromatic nitrogens is 2. The van der Waals surface area contributed by atoms with Crippen molar-refractivity contribution in [2.45, 2.75) is 18.9 Å². The lowest BCUT2D eigenvalue weighted by Crippen LogP contribution is -2.34. The Balaban J connectivity index is 1.16. The molecule has 2 aliphatic heterocycles. The number of nitrogens with one attached hydrogen (secondary N) is 1. The molecule has 7 heteroatoms. The van der Waals surface area contributed by atoms with Crippen LogP contribution in [-0.2, 0) is 4.74 Å². The largest absolute Gasteiger partial charge is 0.381 e. The Kier molecular flexibility index (Phi) is 4.95. The molecule has 1 saturated carbocycles. The second-order valence-corrected chi connectivity index (χ2v) is 8.58. The minimum atomic E-state index is -0.385. The van der Waals surface area contributed by atoms with E-state index in [0.717, 1.165) is 38.0 Å². The van der Waals surface area contributed by atoms with E-state index in [0.29, 0.717) is 34.2 Å². The molecule has 2 unspecified atom stereocenters. The van der Waals surface area contributed by atoms with E-state index in [9.17, 15) is 4.39 Å². The van der Waals surface area contributed by atoms with E-state index >= 15 is 0 Å². The first kappa shape index (κ1) is 18.3. The number of piperidine rings is 1. The highest BCUT2D eigenvalue weighted by atomic mass is 35.5. The lowest BCUT2D eigenvalue weighted by atomic mass is 10.00. The number of halogens is 2. The minimum Gasteiger partial charge on any atom is -0.381 e. The summed E-state index contributed by atoms with van der Waals surface area (Å²) in [5.41, 5.74) is 0.752. The van der Waals surface area contributed by atoms with Gasteiger partial charge in [-0.15, -0.1) is 10.2 Å². The highest BCUT2D eigenvalue weighted by molar-refractivity contribution is 6.33. The van der Waals surface area contributed by atoms with Crippen LogP contribution < -0.4 is 5.32 Å². The van der Waals surface area contributed by atoms with Gasteiger partial charge in [-0.2, -0.15) is 0 Å². The molecule has 0 spiro atoms. The predicted octanol–water partition coefficient (Wildman–Crippen LogP) is 3.70. The van der Waals surface area contributed by atoms with Crippen molar-refractivity contribution < 1.29 is 9.13 Å². The van der Waals surface area contributed by atoms with Crippen molar-refractivity contribution in [3.8, 4) is 11.3 Å². The van der Waals surface area contributed by atoms with Crippen LogP contribution in [0.4, 0.5) is 10.2 Å². The van der Waals surface area contributed by atoms with Gasteiger partial charge in [0, 0.05) is 38.9 Å². The van der Waals surface area contributed by atoms with Gasteiger partial charge in [-0.25, -0.2) is 4.39 Å². The second-order valence-electron chi connectivity index (χ2n) is 8.17. The van der Waals surface area contributed by atoms with Gasteiger partial charge in [0.05, 0.1) is 16.3 Å². The lowest BCUT2D eigenvalue weighted by molar-refractivity contribution is 0.0540. The van der Waals surface area contributed by atoms with Crippen LogP contribution in [-0.4, -0.2) is 54.0 Å². The van der Waals surface area contributed by atoms with Crippen molar-refractivity contribution in [1.82, 2.24) is 15.1 Å². The zero-order valence-corrected chi connectivity index (χ0v) is 16.4. The van der Waals surface area contributed by atoms with Crippen LogP contribution in [0.5, 0.6) is 0 Å². The molecule has 148 valence electrons. The Morgan fingerprint density at radius 1 is 1.11 bits per heavy atom. The van der Waals surface area contributed by atoms with E-state index in [-0.39, 0.29) is 5.82 Å². The summed E-state index contributed by atoms with van der Waals surface area (Å²) in [4.78, 5) is 2.61. The van der Waals surface area contributed by atoms with Crippen LogP contribution in [0.1, 0.15) is 12.8 Å². The van der Waals surface area contributed by atoms with Crippen LogP contribution in [0.2, 0.25) is 5.02 Å². The van der Waals surface area contributed by atoms with Crippen molar-refractivity contribution in [3.63, 3.8) is 0 Å². The molecule has 1 aromatic heterocycles. The molecule has 2 saturated heterocycles. The Bertz CT molecular complexity index is 811. The fourth-order valence-corrected chi connectivity index (χ4v) is 4.99. The second kappa shape index (κ2) is 7.58. The van der Waals surface area contributed by atoms with Crippen LogP contribution in [0, 0.1) is 23.6 Å². The molecule has 28 heavy (non-hydrogen) atoms. The Hall–Kier alpha value is -1.76. The van der Waals surface area contributed by atoms with Crippen LogP contribution in [0.25, 0.3) is 11.3 Å². The van der Waals surface area contributed by atoms with E-state index in [4.69, 9.17) is 16.3 Å². The summed E-state index contributed by atoms with van der Waals surface area (Å²) in [6, 6.07) is 8.73. The molecule has 3 fully saturated rings. The van der Waals surface area contributed by atoms with Crippen LogP contribution in [0.15, 0.2) is 30.3 Å². The molecule has 1 N–H and O–H groups in total. The SMILES string of the molecule is Fc1cccc(Cl)c1-c1ccc(NC2C3CN(CC4CCOCC4)CC32)nn1. The third-order valence-electron chi connectivity index (χ3n) is 6.32. The molecule has 2 aromatic rings. The number of hydrogen-bond acceptors (Lipinski definition) is 5. The number of ether oxygens (including phenoxy) is 1. The van der Waals surface area contributed by atoms with E-state index in [1.165, 1.54) is 25.5 Å². The van der Waals surface area contributed by atoms with Gasteiger partial charge < -0.3 is 15.0 Å². The molecule has 0 bridgehead atoms. The highest BCUT2D eigenvalue weighted by Crippen LogP contribution is 2.47. The lowest BCUT2D eigenvalue weighted by Gasteiger charge is -2.28. The molecule has 0 amide bonds. The monoisotopic (exact) mass is 402 g/mol. The van der Waals surface area contributed by atoms with Gasteiger partial charge in [0.15, 0.2) is 0 Å². The topological polar surface area (TPSA) is 50.3 Å². The third kappa shape index (κ3) is 3.61. The number of benzene rings is 1. The molecule has 1 aliphatic carbocycles. The molecule has 3 aliphatic rings.